The van der Waals surface area contributed by atoms with Crippen molar-refractivity contribution in [3.8, 4) is 5.69 Å². The molecule has 0 fully saturated rings. The quantitative estimate of drug-likeness (QED) is 0.292. The fraction of sp³-hybridized carbons (Fsp3) is 0.348. The number of ether oxygens (including phenoxy) is 1. The molecule has 4 aromatic rings. The van der Waals surface area contributed by atoms with Crippen LogP contribution in [0.25, 0.3) is 16.9 Å². The number of anilines is 2. The maximum absolute atomic E-state index is 12.3. The molecule has 13 heteroatoms. The van der Waals surface area contributed by atoms with Crippen LogP contribution in [0, 0.1) is 0 Å². The van der Waals surface area contributed by atoms with Gasteiger partial charge in [-0.2, -0.15) is 14.8 Å². The molecule has 0 aliphatic rings. The van der Waals surface area contributed by atoms with E-state index in [0.717, 1.165) is 0 Å². The van der Waals surface area contributed by atoms with Crippen LogP contribution in [0.15, 0.2) is 42.9 Å². The normalized spacial score (nSPS) is 12.4. The van der Waals surface area contributed by atoms with Crippen molar-refractivity contribution in [3.05, 3.63) is 48.4 Å². The lowest BCUT2D eigenvalue weighted by Gasteiger charge is -2.22. The van der Waals surface area contributed by atoms with E-state index in [4.69, 9.17) is 15.6 Å². The molecule has 1 aromatic carbocycles. The summed E-state index contributed by atoms with van der Waals surface area (Å²) in [7, 11) is 0. The maximum Gasteiger partial charge on any atom is 0.328 e. The molecule has 188 valence electrons. The Bertz CT molecular complexity index is 1370. The van der Waals surface area contributed by atoms with E-state index in [1.54, 1.807) is 73.0 Å². The first kappa shape index (κ1) is 24.7. The predicted octanol–water partition coefficient (Wildman–Crippen LogP) is 2.36. The van der Waals surface area contributed by atoms with Crippen LogP contribution in [-0.4, -0.2) is 57.4 Å². The SMILES string of the molecule is CC(C)(C)OC(=O)C(N)c1ccc(-n2nnc3cnc(Nc4cnn(CCCC(=O)O)c4)nc32)cc1. The third-order valence-corrected chi connectivity index (χ3v) is 5.02. The first-order valence-electron chi connectivity index (χ1n) is 11.3. The number of aryl methyl sites for hydroxylation is 1. The van der Waals surface area contributed by atoms with Gasteiger partial charge in [-0.05, 0) is 44.9 Å². The molecule has 0 saturated heterocycles. The number of carbonyl (C=O) groups is 2. The van der Waals surface area contributed by atoms with Gasteiger partial charge in [0.25, 0.3) is 0 Å². The zero-order valence-electron chi connectivity index (χ0n) is 20.1. The fourth-order valence-electron chi connectivity index (χ4n) is 3.36. The highest BCUT2D eigenvalue weighted by Crippen LogP contribution is 2.21. The molecule has 0 spiro atoms. The summed E-state index contributed by atoms with van der Waals surface area (Å²) < 4.78 is 8.57. The van der Waals surface area contributed by atoms with E-state index >= 15 is 0 Å². The van der Waals surface area contributed by atoms with E-state index in [0.29, 0.717) is 47.0 Å². The number of carbonyl (C=O) groups excluding carboxylic acids is 1. The Morgan fingerprint density at radius 1 is 1.19 bits per heavy atom. The smallest absolute Gasteiger partial charge is 0.328 e. The van der Waals surface area contributed by atoms with E-state index in [1.807, 2.05) is 0 Å². The Balaban J connectivity index is 1.49. The summed E-state index contributed by atoms with van der Waals surface area (Å²) in [5.41, 5.74) is 8.36. The van der Waals surface area contributed by atoms with Gasteiger partial charge >= 0.3 is 11.9 Å². The lowest BCUT2D eigenvalue weighted by atomic mass is 10.1. The van der Waals surface area contributed by atoms with Gasteiger partial charge in [0, 0.05) is 19.2 Å². The molecule has 13 nitrogen and oxygen atoms in total. The van der Waals surface area contributed by atoms with Gasteiger partial charge in [-0.25, -0.2) is 9.78 Å². The maximum atomic E-state index is 12.3. The number of benzene rings is 1. The van der Waals surface area contributed by atoms with Crippen LogP contribution < -0.4 is 11.1 Å². The number of aromatic nitrogens is 7. The highest BCUT2D eigenvalue weighted by atomic mass is 16.6. The minimum Gasteiger partial charge on any atom is -0.481 e. The molecule has 0 amide bonds. The summed E-state index contributed by atoms with van der Waals surface area (Å²) in [5, 5.41) is 24.4. The van der Waals surface area contributed by atoms with Crippen molar-refractivity contribution >= 4 is 34.7 Å². The number of hydrogen-bond donors (Lipinski definition) is 3. The van der Waals surface area contributed by atoms with Gasteiger partial charge in [0.1, 0.15) is 11.6 Å². The fourth-order valence-corrected chi connectivity index (χ4v) is 3.36. The van der Waals surface area contributed by atoms with Gasteiger partial charge in [0.05, 0.1) is 23.8 Å². The van der Waals surface area contributed by atoms with Crippen LogP contribution in [0.3, 0.4) is 0 Å². The van der Waals surface area contributed by atoms with E-state index in [2.05, 4.69) is 30.7 Å². The molecule has 0 aliphatic carbocycles. The zero-order valence-corrected chi connectivity index (χ0v) is 20.1. The predicted molar refractivity (Wildman–Crippen MR) is 130 cm³/mol. The molecule has 1 unspecified atom stereocenters. The van der Waals surface area contributed by atoms with Gasteiger partial charge in [0.2, 0.25) is 5.95 Å². The Kier molecular flexibility index (Phi) is 6.92. The van der Waals surface area contributed by atoms with Crippen LogP contribution >= 0.6 is 0 Å². The number of nitrogens with zero attached hydrogens (tertiary/aromatic N) is 7. The molecule has 0 saturated carbocycles. The monoisotopic (exact) mass is 493 g/mol. The highest BCUT2D eigenvalue weighted by molar-refractivity contribution is 5.78. The topological polar surface area (TPSA) is 176 Å². The van der Waals surface area contributed by atoms with Crippen LogP contribution in [-0.2, 0) is 20.9 Å². The third kappa shape index (κ3) is 5.99. The van der Waals surface area contributed by atoms with Gasteiger partial charge in [0.15, 0.2) is 11.2 Å². The minimum atomic E-state index is -0.908. The number of carboxylic acids is 1. The van der Waals surface area contributed by atoms with Crippen molar-refractivity contribution in [1.29, 1.82) is 0 Å². The Hall–Kier alpha value is -4.39. The van der Waals surface area contributed by atoms with Crippen LogP contribution in [0.2, 0.25) is 0 Å². The molecule has 1 atom stereocenters. The third-order valence-electron chi connectivity index (χ3n) is 5.02. The number of hydrogen-bond acceptors (Lipinski definition) is 10. The van der Waals surface area contributed by atoms with Crippen molar-refractivity contribution in [3.63, 3.8) is 0 Å². The van der Waals surface area contributed by atoms with Crippen LogP contribution in [0.1, 0.15) is 45.2 Å². The van der Waals surface area contributed by atoms with E-state index in [9.17, 15) is 9.59 Å². The second kappa shape index (κ2) is 10.1. The molecular weight excluding hydrogens is 466 g/mol. The summed E-state index contributed by atoms with van der Waals surface area (Å²) in [4.78, 5) is 31.8. The van der Waals surface area contributed by atoms with Crippen molar-refractivity contribution in [2.45, 2.75) is 51.8 Å². The molecule has 4 N–H and O–H groups in total. The van der Waals surface area contributed by atoms with Crippen molar-refractivity contribution in [2.24, 2.45) is 5.73 Å². The van der Waals surface area contributed by atoms with Gasteiger partial charge in [-0.1, -0.05) is 17.3 Å². The molecule has 0 aliphatic heterocycles. The average molecular weight is 494 g/mol. The lowest BCUT2D eigenvalue weighted by Crippen LogP contribution is -2.31. The molecule has 3 aromatic heterocycles. The summed E-state index contributed by atoms with van der Waals surface area (Å²) in [6, 6.07) is 6.09. The second-order valence-electron chi connectivity index (χ2n) is 9.12. The molecule has 36 heavy (non-hydrogen) atoms. The van der Waals surface area contributed by atoms with E-state index in [1.165, 1.54) is 0 Å². The summed E-state index contributed by atoms with van der Waals surface area (Å²) in [5.74, 6) is -1.03. The largest absolute Gasteiger partial charge is 0.481 e. The van der Waals surface area contributed by atoms with E-state index < -0.39 is 23.6 Å². The second-order valence-corrected chi connectivity index (χ2v) is 9.12. The first-order chi connectivity index (χ1) is 17.1. The molecule has 3 heterocycles. The van der Waals surface area contributed by atoms with Gasteiger partial charge < -0.3 is 20.9 Å². The average Bonchev–Trinajstić information content (AvgIpc) is 3.44. The molecule has 0 bridgehead atoms. The van der Waals surface area contributed by atoms with Crippen LogP contribution in [0.4, 0.5) is 11.6 Å². The number of aliphatic carboxylic acids is 1. The van der Waals surface area contributed by atoms with Gasteiger partial charge in [-0.3, -0.25) is 9.48 Å². The van der Waals surface area contributed by atoms with E-state index in [-0.39, 0.29) is 6.42 Å². The van der Waals surface area contributed by atoms with Crippen LogP contribution in [0.5, 0.6) is 0 Å². The number of fused-ring (bicyclic) bond motifs is 1. The van der Waals surface area contributed by atoms with Crippen molar-refractivity contribution in [1.82, 2.24) is 34.7 Å². The summed E-state index contributed by atoms with van der Waals surface area (Å²) >= 11 is 0. The number of rotatable bonds is 9. The Morgan fingerprint density at radius 3 is 2.64 bits per heavy atom. The Morgan fingerprint density at radius 2 is 1.94 bits per heavy atom. The minimum absolute atomic E-state index is 0.0767. The molecule has 0 radical (unpaired) electrons. The first-order valence-corrected chi connectivity index (χ1v) is 11.3. The highest BCUT2D eigenvalue weighted by Gasteiger charge is 2.23. The molecule has 4 rings (SSSR count). The Labute approximate surface area is 206 Å². The lowest BCUT2D eigenvalue weighted by molar-refractivity contribution is -0.156. The number of esters is 1. The summed E-state index contributed by atoms with van der Waals surface area (Å²) in [6.45, 7) is 5.85. The molecular formula is C23H27N9O4. The van der Waals surface area contributed by atoms with Gasteiger partial charge in [-0.15, -0.1) is 5.10 Å². The number of nitrogens with two attached hydrogens (primary N) is 1. The summed E-state index contributed by atoms with van der Waals surface area (Å²) in [6.07, 6.45) is 5.46. The van der Waals surface area contributed by atoms with Crippen molar-refractivity contribution < 1.29 is 19.4 Å². The zero-order chi connectivity index (χ0) is 25.9. The standard InChI is InChI=1S/C23H27N9O4/c1-23(2,3)36-21(35)19(24)14-6-8-16(9-7-14)32-20-17(29-30-32)12-25-22(28-20)27-15-11-26-31(13-15)10-4-5-18(33)34/h6-9,11-13,19H,4-5,10,24H2,1-3H3,(H,33,34)(H,25,27,28). The number of nitrogens with one attached hydrogen (secondary N) is 1. The number of carboxylic acid groups (broad SMARTS) is 1. The van der Waals surface area contributed by atoms with Crippen molar-refractivity contribution in [2.75, 3.05) is 5.32 Å².